The van der Waals surface area contributed by atoms with Crippen LogP contribution in [0.1, 0.15) is 17.2 Å². The lowest BCUT2D eigenvalue weighted by molar-refractivity contribution is -0.137. The number of aromatic nitrogens is 5. The molecule has 29 heavy (non-hydrogen) atoms. The van der Waals surface area contributed by atoms with E-state index in [4.69, 9.17) is 0 Å². The minimum Gasteiger partial charge on any atom is -0.390 e. The maximum Gasteiger partial charge on any atom is 0.416 e. The fourth-order valence-electron chi connectivity index (χ4n) is 3.15. The summed E-state index contributed by atoms with van der Waals surface area (Å²) >= 11 is 0. The number of aliphatic hydroxyl groups is 1. The standard InChI is InChI=1S/C18H18F3N7O/c1-10-4-12(13-9-28(27-26-13)14-7-22-8-15(14)29)24-17(5-10)25-16-6-11(2-3-23-16)18(19,20)21/h2-6,9,14-15,22,29H,7-8H2,1H3,(H,23,24,25)/t14-,15-/m1/s1. The average molecular weight is 405 g/mol. The van der Waals surface area contributed by atoms with E-state index in [0.717, 1.165) is 23.9 Å². The summed E-state index contributed by atoms with van der Waals surface area (Å²) in [6.07, 6.45) is -2.23. The number of aryl methyl sites for hydroxylation is 1. The van der Waals surface area contributed by atoms with Gasteiger partial charge in [-0.15, -0.1) is 5.10 Å². The van der Waals surface area contributed by atoms with E-state index in [1.54, 1.807) is 23.0 Å². The molecule has 1 aliphatic heterocycles. The summed E-state index contributed by atoms with van der Waals surface area (Å²) < 4.78 is 40.3. The van der Waals surface area contributed by atoms with Gasteiger partial charge in [0.2, 0.25) is 0 Å². The van der Waals surface area contributed by atoms with Gasteiger partial charge in [-0.3, -0.25) is 0 Å². The molecule has 152 valence electrons. The second-order valence-corrected chi connectivity index (χ2v) is 6.84. The lowest BCUT2D eigenvalue weighted by atomic mass is 10.2. The van der Waals surface area contributed by atoms with Crippen LogP contribution >= 0.6 is 0 Å². The van der Waals surface area contributed by atoms with Gasteiger partial charge < -0.3 is 15.7 Å². The molecule has 1 aliphatic rings. The molecular formula is C18H18F3N7O. The summed E-state index contributed by atoms with van der Waals surface area (Å²) in [5.41, 5.74) is 1.04. The van der Waals surface area contributed by atoms with Crippen molar-refractivity contribution in [2.45, 2.75) is 25.2 Å². The van der Waals surface area contributed by atoms with Crippen LogP contribution in [0.25, 0.3) is 11.4 Å². The lowest BCUT2D eigenvalue weighted by Gasteiger charge is -2.12. The molecule has 0 aliphatic carbocycles. The molecule has 0 saturated carbocycles. The molecule has 11 heteroatoms. The Morgan fingerprint density at radius 1 is 1.17 bits per heavy atom. The van der Waals surface area contributed by atoms with Crippen LogP contribution in [0.2, 0.25) is 0 Å². The number of hydrogen-bond acceptors (Lipinski definition) is 7. The predicted molar refractivity (Wildman–Crippen MR) is 98.4 cm³/mol. The van der Waals surface area contributed by atoms with Crippen molar-refractivity contribution < 1.29 is 18.3 Å². The summed E-state index contributed by atoms with van der Waals surface area (Å²) in [4.78, 5) is 8.35. The van der Waals surface area contributed by atoms with Crippen LogP contribution in [0.15, 0.2) is 36.7 Å². The lowest BCUT2D eigenvalue weighted by Crippen LogP contribution is -2.22. The summed E-state index contributed by atoms with van der Waals surface area (Å²) in [7, 11) is 0. The molecule has 0 spiro atoms. The van der Waals surface area contributed by atoms with Crippen molar-refractivity contribution in [3.8, 4) is 11.4 Å². The van der Waals surface area contributed by atoms with Gasteiger partial charge in [0, 0.05) is 19.3 Å². The Balaban J connectivity index is 1.60. The van der Waals surface area contributed by atoms with Crippen LogP contribution in [0.4, 0.5) is 24.8 Å². The number of nitrogens with one attached hydrogen (secondary N) is 2. The number of β-amino-alcohol motifs (C(OH)–C–C–N with tert-alkyl or cyclic N) is 1. The van der Waals surface area contributed by atoms with E-state index >= 15 is 0 Å². The fourth-order valence-corrected chi connectivity index (χ4v) is 3.15. The van der Waals surface area contributed by atoms with Crippen molar-refractivity contribution in [2.75, 3.05) is 18.4 Å². The number of rotatable bonds is 4. The van der Waals surface area contributed by atoms with Crippen molar-refractivity contribution in [1.29, 1.82) is 0 Å². The first-order valence-electron chi connectivity index (χ1n) is 8.89. The van der Waals surface area contributed by atoms with E-state index in [2.05, 4.69) is 30.9 Å². The van der Waals surface area contributed by atoms with Gasteiger partial charge in [-0.25, -0.2) is 14.6 Å². The fraction of sp³-hybridized carbons (Fsp3) is 0.333. The molecule has 8 nitrogen and oxygen atoms in total. The molecule has 0 radical (unpaired) electrons. The van der Waals surface area contributed by atoms with Gasteiger partial charge in [0.15, 0.2) is 0 Å². The molecule has 3 N–H and O–H groups in total. The Hall–Kier alpha value is -3.05. The molecule has 4 heterocycles. The van der Waals surface area contributed by atoms with Crippen LogP contribution < -0.4 is 10.6 Å². The molecule has 4 rings (SSSR count). The highest BCUT2D eigenvalue weighted by Gasteiger charge is 2.31. The van der Waals surface area contributed by atoms with Crippen LogP contribution in [0.3, 0.4) is 0 Å². The Labute approximate surface area is 163 Å². The second-order valence-electron chi connectivity index (χ2n) is 6.84. The largest absolute Gasteiger partial charge is 0.416 e. The van der Waals surface area contributed by atoms with Gasteiger partial charge in [-0.1, -0.05) is 5.21 Å². The number of alkyl halides is 3. The van der Waals surface area contributed by atoms with Crippen LogP contribution in [0.5, 0.6) is 0 Å². The average Bonchev–Trinajstić information content (AvgIpc) is 3.29. The number of hydrogen-bond donors (Lipinski definition) is 3. The maximum atomic E-state index is 12.9. The van der Waals surface area contributed by atoms with E-state index in [1.165, 1.54) is 0 Å². The van der Waals surface area contributed by atoms with Crippen LogP contribution in [-0.2, 0) is 6.18 Å². The molecular weight excluding hydrogens is 387 g/mol. The molecule has 2 atom stereocenters. The summed E-state index contributed by atoms with van der Waals surface area (Å²) in [6, 6.07) is 5.11. The molecule has 0 amide bonds. The van der Waals surface area contributed by atoms with E-state index in [-0.39, 0.29) is 11.9 Å². The van der Waals surface area contributed by atoms with Crippen molar-refractivity contribution in [3.05, 3.63) is 47.8 Å². The molecule has 0 unspecified atom stereocenters. The highest BCUT2D eigenvalue weighted by molar-refractivity contribution is 5.61. The van der Waals surface area contributed by atoms with Gasteiger partial charge >= 0.3 is 6.18 Å². The quantitative estimate of drug-likeness (QED) is 0.612. The Bertz CT molecular complexity index is 1020. The SMILES string of the molecule is Cc1cc(Nc2cc(C(F)(F)F)ccn2)nc(-c2cn([C@@H]3CNC[C@H]3O)nn2)c1. The van der Waals surface area contributed by atoms with Crippen LogP contribution in [-0.4, -0.2) is 49.3 Å². The van der Waals surface area contributed by atoms with Gasteiger partial charge in [0.25, 0.3) is 0 Å². The highest BCUT2D eigenvalue weighted by atomic mass is 19.4. The van der Waals surface area contributed by atoms with E-state index < -0.39 is 17.8 Å². The third-order valence-electron chi connectivity index (χ3n) is 4.58. The zero-order valence-electron chi connectivity index (χ0n) is 15.4. The Morgan fingerprint density at radius 2 is 2.00 bits per heavy atom. The first-order valence-corrected chi connectivity index (χ1v) is 8.89. The maximum absolute atomic E-state index is 12.9. The molecule has 0 bridgehead atoms. The van der Waals surface area contributed by atoms with Gasteiger partial charge in [-0.2, -0.15) is 13.2 Å². The van der Waals surface area contributed by atoms with Crippen LogP contribution in [0, 0.1) is 6.92 Å². The molecule has 1 fully saturated rings. The summed E-state index contributed by atoms with van der Waals surface area (Å²) in [5.74, 6) is 0.372. The van der Waals surface area contributed by atoms with Crippen molar-refractivity contribution in [2.24, 2.45) is 0 Å². The topological polar surface area (TPSA) is 101 Å². The van der Waals surface area contributed by atoms with Gasteiger partial charge in [0.05, 0.1) is 29.6 Å². The van der Waals surface area contributed by atoms with Gasteiger partial charge in [-0.05, 0) is 36.8 Å². The predicted octanol–water partition coefficient (Wildman–Crippen LogP) is 2.31. The Kier molecular flexibility index (Phi) is 4.92. The normalized spacial score (nSPS) is 19.5. The first kappa shape index (κ1) is 19.3. The number of nitrogens with zero attached hydrogens (tertiary/aromatic N) is 5. The second kappa shape index (κ2) is 7.41. The van der Waals surface area contributed by atoms with E-state index in [0.29, 0.717) is 30.3 Å². The molecule has 3 aromatic rings. The zero-order valence-corrected chi connectivity index (χ0v) is 15.4. The van der Waals surface area contributed by atoms with E-state index in [1.807, 2.05) is 6.92 Å². The Morgan fingerprint density at radius 3 is 2.72 bits per heavy atom. The number of halogens is 3. The smallest absolute Gasteiger partial charge is 0.390 e. The van der Waals surface area contributed by atoms with E-state index in [9.17, 15) is 18.3 Å². The van der Waals surface area contributed by atoms with Crippen molar-refractivity contribution in [1.82, 2.24) is 30.3 Å². The summed E-state index contributed by atoms with van der Waals surface area (Å²) in [5, 5.41) is 24.1. The molecule has 3 aromatic heterocycles. The minimum atomic E-state index is -4.46. The van der Waals surface area contributed by atoms with Gasteiger partial charge in [0.1, 0.15) is 17.3 Å². The number of pyridine rings is 2. The molecule has 0 aromatic carbocycles. The highest BCUT2D eigenvalue weighted by Crippen LogP contribution is 2.30. The zero-order chi connectivity index (χ0) is 20.6. The third kappa shape index (κ3) is 4.20. The third-order valence-corrected chi connectivity index (χ3v) is 4.58. The van der Waals surface area contributed by atoms with Crippen molar-refractivity contribution >= 4 is 11.6 Å². The number of aliphatic hydroxyl groups excluding tert-OH is 1. The van der Waals surface area contributed by atoms with Crippen molar-refractivity contribution in [3.63, 3.8) is 0 Å². The summed E-state index contributed by atoms with van der Waals surface area (Å²) in [6.45, 7) is 2.91. The minimum absolute atomic E-state index is 0.0349. The number of anilines is 2. The monoisotopic (exact) mass is 405 g/mol. The molecule has 1 saturated heterocycles. The first-order chi connectivity index (χ1) is 13.8.